The van der Waals surface area contributed by atoms with Gasteiger partial charge >= 0.3 is 0 Å². The molecule has 0 saturated carbocycles. The summed E-state index contributed by atoms with van der Waals surface area (Å²) >= 11 is 0. The van der Waals surface area contributed by atoms with Gasteiger partial charge in [-0.05, 0) is 31.4 Å². The first-order valence-electron chi connectivity index (χ1n) is 11.2. The largest absolute Gasteiger partial charge is 0.373 e. The summed E-state index contributed by atoms with van der Waals surface area (Å²) in [5.74, 6) is 1.01. The van der Waals surface area contributed by atoms with Gasteiger partial charge in [-0.25, -0.2) is 0 Å². The Kier molecular flexibility index (Phi) is 8.10. The van der Waals surface area contributed by atoms with Gasteiger partial charge in [0.25, 0.3) is 0 Å². The Morgan fingerprint density at radius 1 is 1.17 bits per heavy atom. The van der Waals surface area contributed by atoms with Crippen LogP contribution in [0, 0.1) is 0 Å². The van der Waals surface area contributed by atoms with E-state index in [1.54, 1.807) is 7.05 Å². The van der Waals surface area contributed by atoms with E-state index in [2.05, 4.69) is 58.6 Å². The van der Waals surface area contributed by atoms with Gasteiger partial charge in [0.2, 0.25) is 5.91 Å². The Morgan fingerprint density at radius 3 is 2.53 bits per heavy atom. The van der Waals surface area contributed by atoms with Crippen molar-refractivity contribution in [3.05, 3.63) is 35.4 Å². The number of morpholine rings is 1. The van der Waals surface area contributed by atoms with E-state index in [0.29, 0.717) is 6.42 Å². The molecule has 0 bridgehead atoms. The van der Waals surface area contributed by atoms with Crippen molar-refractivity contribution >= 4 is 11.9 Å². The van der Waals surface area contributed by atoms with Crippen LogP contribution in [-0.2, 0) is 22.6 Å². The van der Waals surface area contributed by atoms with E-state index in [4.69, 9.17) is 4.74 Å². The molecule has 1 aromatic carbocycles. The molecule has 2 heterocycles. The fraction of sp³-hybridized carbons (Fsp3) is 0.652. The zero-order chi connectivity index (χ0) is 21.5. The third-order valence-electron chi connectivity index (χ3n) is 5.86. The molecule has 7 heteroatoms. The number of aliphatic imine (C=N–C) groups is 1. The third-order valence-corrected chi connectivity index (χ3v) is 5.86. The number of rotatable bonds is 6. The number of likely N-dealkylation sites (tertiary alicyclic amines) is 1. The molecule has 0 spiro atoms. The van der Waals surface area contributed by atoms with Gasteiger partial charge in [0, 0.05) is 58.8 Å². The lowest BCUT2D eigenvalue weighted by atomic mass is 10.1. The molecule has 1 amide bonds. The number of carbonyl (C=O) groups excluding carboxylic acids is 1. The van der Waals surface area contributed by atoms with Gasteiger partial charge < -0.3 is 20.3 Å². The number of nitrogens with zero attached hydrogens (tertiary/aromatic N) is 3. The normalized spacial score (nSPS) is 25.4. The topological polar surface area (TPSA) is 69.2 Å². The van der Waals surface area contributed by atoms with E-state index in [1.165, 1.54) is 11.1 Å². The number of nitrogens with one attached hydrogen (secondary N) is 2. The lowest BCUT2D eigenvalue weighted by molar-refractivity contribution is -0.129. The fourth-order valence-corrected chi connectivity index (χ4v) is 4.43. The fourth-order valence-electron chi connectivity index (χ4n) is 4.43. The predicted octanol–water partition coefficient (Wildman–Crippen LogP) is 1.97. The predicted molar refractivity (Wildman–Crippen MR) is 120 cm³/mol. The minimum atomic E-state index is 0.225. The number of ether oxygens (including phenoxy) is 1. The molecule has 30 heavy (non-hydrogen) atoms. The van der Waals surface area contributed by atoms with Crippen molar-refractivity contribution in [1.29, 1.82) is 0 Å². The maximum Gasteiger partial charge on any atom is 0.222 e. The van der Waals surface area contributed by atoms with Crippen LogP contribution in [0.15, 0.2) is 29.3 Å². The van der Waals surface area contributed by atoms with Gasteiger partial charge in [0.15, 0.2) is 5.96 Å². The van der Waals surface area contributed by atoms with Crippen molar-refractivity contribution in [2.24, 2.45) is 4.99 Å². The number of amides is 1. The first kappa shape index (κ1) is 22.6. The molecule has 3 unspecified atom stereocenters. The number of benzene rings is 1. The Bertz CT molecular complexity index is 728. The Morgan fingerprint density at radius 2 is 1.87 bits per heavy atom. The molecule has 0 radical (unpaired) electrons. The molecule has 1 aromatic rings. The van der Waals surface area contributed by atoms with E-state index in [1.807, 2.05) is 11.8 Å². The summed E-state index contributed by atoms with van der Waals surface area (Å²) in [6.45, 7) is 11.3. The summed E-state index contributed by atoms with van der Waals surface area (Å²) in [4.78, 5) is 20.7. The molecule has 0 aliphatic carbocycles. The van der Waals surface area contributed by atoms with Gasteiger partial charge in [0.1, 0.15) is 0 Å². The smallest absolute Gasteiger partial charge is 0.222 e. The molecule has 0 aromatic heterocycles. The first-order valence-corrected chi connectivity index (χ1v) is 11.2. The second-order valence-electron chi connectivity index (χ2n) is 8.47. The summed E-state index contributed by atoms with van der Waals surface area (Å²) in [6, 6.07) is 8.84. The molecule has 2 aliphatic rings. The Labute approximate surface area is 180 Å². The summed E-state index contributed by atoms with van der Waals surface area (Å²) < 4.78 is 5.87. The van der Waals surface area contributed by atoms with Crippen LogP contribution in [0.25, 0.3) is 0 Å². The van der Waals surface area contributed by atoms with Crippen molar-refractivity contribution in [2.45, 2.75) is 65.0 Å². The highest BCUT2D eigenvalue weighted by Gasteiger charge is 2.26. The molecule has 2 aliphatic heterocycles. The molecular weight excluding hydrogens is 378 g/mol. The molecule has 3 rings (SSSR count). The van der Waals surface area contributed by atoms with Crippen LogP contribution in [0.4, 0.5) is 0 Å². The van der Waals surface area contributed by atoms with Crippen LogP contribution in [0.3, 0.4) is 0 Å². The van der Waals surface area contributed by atoms with Crippen LogP contribution in [0.5, 0.6) is 0 Å². The van der Waals surface area contributed by atoms with Crippen molar-refractivity contribution in [3.8, 4) is 0 Å². The number of guanidine groups is 1. The third kappa shape index (κ3) is 6.19. The van der Waals surface area contributed by atoms with Crippen molar-refractivity contribution in [1.82, 2.24) is 20.4 Å². The standard InChI is InChI=1S/C23H37N5O2/c1-5-22(29)28-11-10-21(16-28)26-23(24-4)25-12-19-8-6-7-9-20(19)15-27-13-17(2)30-18(3)14-27/h6-9,17-18,21H,5,10-16H2,1-4H3,(H2,24,25,26). The maximum absolute atomic E-state index is 11.9. The highest BCUT2D eigenvalue weighted by atomic mass is 16.5. The van der Waals surface area contributed by atoms with E-state index in [0.717, 1.165) is 51.6 Å². The quantitative estimate of drug-likeness (QED) is 0.549. The van der Waals surface area contributed by atoms with Crippen LogP contribution < -0.4 is 10.6 Å². The van der Waals surface area contributed by atoms with Gasteiger partial charge in [-0.2, -0.15) is 0 Å². The number of carbonyl (C=O) groups is 1. The van der Waals surface area contributed by atoms with Gasteiger partial charge in [-0.1, -0.05) is 31.2 Å². The average molecular weight is 416 g/mol. The molecule has 2 saturated heterocycles. The van der Waals surface area contributed by atoms with E-state index >= 15 is 0 Å². The summed E-state index contributed by atoms with van der Waals surface area (Å²) in [5, 5.41) is 6.93. The summed E-state index contributed by atoms with van der Waals surface area (Å²) in [5.41, 5.74) is 2.61. The number of hydrogen-bond acceptors (Lipinski definition) is 4. The Balaban J connectivity index is 1.54. The Hall–Kier alpha value is -2.12. The van der Waals surface area contributed by atoms with E-state index < -0.39 is 0 Å². The minimum absolute atomic E-state index is 0.225. The molecular formula is C23H37N5O2. The monoisotopic (exact) mass is 415 g/mol. The zero-order valence-electron chi connectivity index (χ0n) is 18.9. The van der Waals surface area contributed by atoms with Gasteiger partial charge in [0.05, 0.1) is 12.2 Å². The van der Waals surface area contributed by atoms with Crippen LogP contribution in [-0.4, -0.2) is 73.1 Å². The van der Waals surface area contributed by atoms with E-state index in [-0.39, 0.29) is 24.2 Å². The molecule has 166 valence electrons. The lowest BCUT2D eigenvalue weighted by Crippen LogP contribution is -2.45. The van der Waals surface area contributed by atoms with Crippen LogP contribution >= 0.6 is 0 Å². The SMILES string of the molecule is CCC(=O)N1CCC(NC(=NC)NCc2ccccc2CN2CC(C)OC(C)C2)C1. The highest BCUT2D eigenvalue weighted by molar-refractivity contribution is 5.80. The molecule has 7 nitrogen and oxygen atoms in total. The second-order valence-corrected chi connectivity index (χ2v) is 8.47. The molecule has 3 atom stereocenters. The van der Waals surface area contributed by atoms with Crippen LogP contribution in [0.1, 0.15) is 44.7 Å². The molecule has 2 fully saturated rings. The van der Waals surface area contributed by atoms with E-state index in [9.17, 15) is 4.79 Å². The van der Waals surface area contributed by atoms with Gasteiger partial charge in [-0.3, -0.25) is 14.7 Å². The summed E-state index contributed by atoms with van der Waals surface area (Å²) in [7, 11) is 1.79. The zero-order valence-corrected chi connectivity index (χ0v) is 18.9. The van der Waals surface area contributed by atoms with Crippen molar-refractivity contribution in [2.75, 3.05) is 33.2 Å². The van der Waals surface area contributed by atoms with Gasteiger partial charge in [-0.15, -0.1) is 0 Å². The van der Waals surface area contributed by atoms with Crippen molar-refractivity contribution < 1.29 is 9.53 Å². The lowest BCUT2D eigenvalue weighted by Gasteiger charge is -2.35. The minimum Gasteiger partial charge on any atom is -0.373 e. The maximum atomic E-state index is 11.9. The molecule has 2 N–H and O–H groups in total. The first-order chi connectivity index (χ1) is 14.5. The summed E-state index contributed by atoms with van der Waals surface area (Å²) in [6.07, 6.45) is 2.06. The van der Waals surface area contributed by atoms with Crippen molar-refractivity contribution in [3.63, 3.8) is 0 Å². The second kappa shape index (κ2) is 10.8. The van der Waals surface area contributed by atoms with Crippen LogP contribution in [0.2, 0.25) is 0 Å². The average Bonchev–Trinajstić information content (AvgIpc) is 3.19. The highest BCUT2D eigenvalue weighted by Crippen LogP contribution is 2.17. The number of hydrogen-bond donors (Lipinski definition) is 2.